The van der Waals surface area contributed by atoms with Crippen molar-refractivity contribution in [2.24, 2.45) is 5.41 Å². The molecule has 1 aromatic rings. The van der Waals surface area contributed by atoms with Gasteiger partial charge in [-0.3, -0.25) is 0 Å². The Balaban J connectivity index is 2.81. The molecule has 1 nitrogen and oxygen atoms in total. The molecule has 0 saturated heterocycles. The number of halogens is 2. The van der Waals surface area contributed by atoms with Crippen LogP contribution in [0.25, 0.3) is 0 Å². The van der Waals surface area contributed by atoms with Crippen molar-refractivity contribution in [1.29, 1.82) is 0 Å². The van der Waals surface area contributed by atoms with Gasteiger partial charge in [-0.15, -0.1) is 6.58 Å². The molecule has 1 unspecified atom stereocenters. The molecule has 0 aromatic heterocycles. The van der Waals surface area contributed by atoms with Gasteiger partial charge < -0.3 is 5.32 Å². The Labute approximate surface area is 120 Å². The van der Waals surface area contributed by atoms with Crippen LogP contribution in [0.5, 0.6) is 0 Å². The standard InChI is InChI=1S/C15H21Cl2N/c1-5-15(4,10-18-11(2)3)9-12-6-7-13(16)8-14(12)17/h5-8,11,18H,1,9-10H2,2-4H3. The van der Waals surface area contributed by atoms with Crippen molar-refractivity contribution in [2.75, 3.05) is 6.54 Å². The molecular weight excluding hydrogens is 265 g/mol. The average molecular weight is 286 g/mol. The first-order chi connectivity index (χ1) is 8.36. The fraction of sp³-hybridized carbons (Fsp3) is 0.467. The van der Waals surface area contributed by atoms with E-state index in [4.69, 9.17) is 23.2 Å². The van der Waals surface area contributed by atoms with Crippen LogP contribution in [-0.4, -0.2) is 12.6 Å². The van der Waals surface area contributed by atoms with Crippen LogP contribution in [-0.2, 0) is 6.42 Å². The van der Waals surface area contributed by atoms with E-state index in [0.29, 0.717) is 11.1 Å². The minimum atomic E-state index is -0.0122. The van der Waals surface area contributed by atoms with Gasteiger partial charge in [0.1, 0.15) is 0 Å². The van der Waals surface area contributed by atoms with Crippen molar-refractivity contribution in [3.05, 3.63) is 46.5 Å². The zero-order valence-corrected chi connectivity index (χ0v) is 12.8. The molecule has 0 spiro atoms. The molecule has 0 aliphatic carbocycles. The maximum atomic E-state index is 6.22. The van der Waals surface area contributed by atoms with Crippen LogP contribution in [0.3, 0.4) is 0 Å². The highest BCUT2D eigenvalue weighted by atomic mass is 35.5. The minimum Gasteiger partial charge on any atom is -0.314 e. The average Bonchev–Trinajstić information content (AvgIpc) is 2.30. The lowest BCUT2D eigenvalue weighted by atomic mass is 9.83. The highest BCUT2D eigenvalue weighted by Gasteiger charge is 2.22. The van der Waals surface area contributed by atoms with Crippen molar-refractivity contribution in [2.45, 2.75) is 33.2 Å². The largest absolute Gasteiger partial charge is 0.314 e. The van der Waals surface area contributed by atoms with Crippen LogP contribution < -0.4 is 5.32 Å². The second kappa shape index (κ2) is 6.60. The Morgan fingerprint density at radius 2 is 2.06 bits per heavy atom. The molecule has 0 aliphatic heterocycles. The lowest BCUT2D eigenvalue weighted by Crippen LogP contribution is -2.35. The first kappa shape index (κ1) is 15.6. The van der Waals surface area contributed by atoms with Gasteiger partial charge in [0.25, 0.3) is 0 Å². The van der Waals surface area contributed by atoms with Crippen LogP contribution in [0.2, 0.25) is 10.0 Å². The molecule has 0 aliphatic rings. The van der Waals surface area contributed by atoms with E-state index in [0.717, 1.165) is 23.6 Å². The van der Waals surface area contributed by atoms with Crippen molar-refractivity contribution in [1.82, 2.24) is 5.32 Å². The summed E-state index contributed by atoms with van der Waals surface area (Å²) in [7, 11) is 0. The summed E-state index contributed by atoms with van der Waals surface area (Å²) in [5.74, 6) is 0. The summed E-state index contributed by atoms with van der Waals surface area (Å²) in [6.07, 6.45) is 2.85. The third kappa shape index (κ3) is 4.64. The van der Waals surface area contributed by atoms with Crippen molar-refractivity contribution in [3.8, 4) is 0 Å². The van der Waals surface area contributed by atoms with Gasteiger partial charge in [0, 0.05) is 28.0 Å². The molecule has 0 heterocycles. The molecule has 0 amide bonds. The van der Waals surface area contributed by atoms with Crippen LogP contribution in [0.1, 0.15) is 26.3 Å². The van der Waals surface area contributed by atoms with Gasteiger partial charge in [0.05, 0.1) is 0 Å². The lowest BCUT2D eigenvalue weighted by Gasteiger charge is -2.28. The van der Waals surface area contributed by atoms with Gasteiger partial charge in [-0.05, 0) is 24.1 Å². The highest BCUT2D eigenvalue weighted by Crippen LogP contribution is 2.29. The molecule has 1 rings (SSSR count). The van der Waals surface area contributed by atoms with Gasteiger partial charge >= 0.3 is 0 Å². The smallest absolute Gasteiger partial charge is 0.0453 e. The number of hydrogen-bond acceptors (Lipinski definition) is 1. The van der Waals surface area contributed by atoms with Gasteiger partial charge in [-0.2, -0.15) is 0 Å². The molecular formula is C15H21Cl2N. The normalized spacial score (nSPS) is 14.6. The molecule has 0 radical (unpaired) electrons. The topological polar surface area (TPSA) is 12.0 Å². The zero-order valence-electron chi connectivity index (χ0n) is 11.3. The van der Waals surface area contributed by atoms with Crippen molar-refractivity contribution in [3.63, 3.8) is 0 Å². The maximum Gasteiger partial charge on any atom is 0.0453 e. The molecule has 0 fully saturated rings. The monoisotopic (exact) mass is 285 g/mol. The Kier molecular flexibility index (Phi) is 5.71. The third-order valence-corrected chi connectivity index (χ3v) is 3.60. The highest BCUT2D eigenvalue weighted by molar-refractivity contribution is 6.35. The van der Waals surface area contributed by atoms with E-state index >= 15 is 0 Å². The second-order valence-electron chi connectivity index (χ2n) is 5.31. The fourth-order valence-corrected chi connectivity index (χ4v) is 2.22. The zero-order chi connectivity index (χ0) is 13.8. The first-order valence-electron chi connectivity index (χ1n) is 6.17. The van der Waals surface area contributed by atoms with Gasteiger partial charge in [-0.25, -0.2) is 0 Å². The molecule has 0 bridgehead atoms. The van der Waals surface area contributed by atoms with Crippen LogP contribution >= 0.6 is 23.2 Å². The Morgan fingerprint density at radius 3 is 2.56 bits per heavy atom. The quantitative estimate of drug-likeness (QED) is 0.746. The SMILES string of the molecule is C=CC(C)(CNC(C)C)Cc1ccc(Cl)cc1Cl. The molecule has 1 atom stereocenters. The Morgan fingerprint density at radius 1 is 1.39 bits per heavy atom. The van der Waals surface area contributed by atoms with Crippen molar-refractivity contribution >= 4 is 23.2 Å². The summed E-state index contributed by atoms with van der Waals surface area (Å²) in [6, 6.07) is 6.12. The predicted octanol–water partition coefficient (Wildman–Crippen LogP) is 4.73. The molecule has 3 heteroatoms. The fourth-order valence-electron chi connectivity index (χ4n) is 1.74. The number of rotatable bonds is 6. The number of nitrogens with one attached hydrogen (secondary N) is 1. The van der Waals surface area contributed by atoms with Gasteiger partial charge in [-0.1, -0.05) is 56.1 Å². The molecule has 1 N–H and O–H groups in total. The summed E-state index contributed by atoms with van der Waals surface area (Å²) in [6.45, 7) is 11.3. The maximum absolute atomic E-state index is 6.22. The van der Waals surface area contributed by atoms with E-state index in [9.17, 15) is 0 Å². The van der Waals surface area contributed by atoms with E-state index in [-0.39, 0.29) is 5.41 Å². The molecule has 0 saturated carbocycles. The minimum absolute atomic E-state index is 0.0122. The van der Waals surface area contributed by atoms with Gasteiger partial charge in [0.15, 0.2) is 0 Å². The summed E-state index contributed by atoms with van der Waals surface area (Å²) >= 11 is 12.1. The molecule has 18 heavy (non-hydrogen) atoms. The Bertz CT molecular complexity index is 415. The molecule has 100 valence electrons. The summed E-state index contributed by atoms with van der Waals surface area (Å²) in [5.41, 5.74) is 1.09. The summed E-state index contributed by atoms with van der Waals surface area (Å²) in [4.78, 5) is 0. The number of benzene rings is 1. The Hall–Kier alpha value is -0.500. The van der Waals surface area contributed by atoms with E-state index in [1.54, 1.807) is 6.07 Å². The predicted molar refractivity (Wildman–Crippen MR) is 81.6 cm³/mol. The second-order valence-corrected chi connectivity index (χ2v) is 6.15. The molecule has 1 aromatic carbocycles. The van der Waals surface area contributed by atoms with E-state index in [1.165, 1.54) is 0 Å². The van der Waals surface area contributed by atoms with E-state index in [2.05, 4.69) is 32.7 Å². The number of hydrogen-bond donors (Lipinski definition) is 1. The lowest BCUT2D eigenvalue weighted by molar-refractivity contribution is 0.373. The van der Waals surface area contributed by atoms with E-state index in [1.807, 2.05) is 18.2 Å². The van der Waals surface area contributed by atoms with E-state index < -0.39 is 0 Å². The van der Waals surface area contributed by atoms with Crippen LogP contribution in [0, 0.1) is 5.41 Å². The summed E-state index contributed by atoms with van der Waals surface area (Å²) in [5, 5.41) is 4.84. The van der Waals surface area contributed by atoms with Crippen molar-refractivity contribution < 1.29 is 0 Å². The van der Waals surface area contributed by atoms with Crippen LogP contribution in [0.15, 0.2) is 30.9 Å². The first-order valence-corrected chi connectivity index (χ1v) is 6.93. The summed E-state index contributed by atoms with van der Waals surface area (Å²) < 4.78 is 0. The third-order valence-electron chi connectivity index (χ3n) is 3.02. The van der Waals surface area contributed by atoms with Gasteiger partial charge in [0.2, 0.25) is 0 Å². The van der Waals surface area contributed by atoms with Crippen LogP contribution in [0.4, 0.5) is 0 Å².